The summed E-state index contributed by atoms with van der Waals surface area (Å²) in [5.41, 5.74) is 10.2. The molecule has 2 rings (SSSR count). The topological polar surface area (TPSA) is 29.3 Å². The number of anilines is 1. The molecule has 0 bridgehead atoms. The highest BCUT2D eigenvalue weighted by Crippen LogP contribution is 2.20. The number of hydrogen-bond acceptors (Lipinski definition) is 2. The molecule has 0 spiro atoms. The Morgan fingerprint density at radius 3 is 2.40 bits per heavy atom. The first-order chi connectivity index (χ1) is 9.47. The van der Waals surface area contributed by atoms with Crippen molar-refractivity contribution >= 4 is 38.8 Å². The summed E-state index contributed by atoms with van der Waals surface area (Å²) in [6, 6.07) is 14.5. The first-order valence-electron chi connectivity index (χ1n) is 6.33. The van der Waals surface area contributed by atoms with Crippen molar-refractivity contribution < 1.29 is 0 Å². The van der Waals surface area contributed by atoms with E-state index in [0.717, 1.165) is 27.8 Å². The number of thiocarbonyl (C=S) groups is 1. The van der Waals surface area contributed by atoms with Crippen LogP contribution in [0.15, 0.2) is 46.9 Å². The summed E-state index contributed by atoms with van der Waals surface area (Å²) >= 11 is 8.49. The molecule has 2 nitrogen and oxygen atoms in total. The SMILES string of the molecule is Cc1cc(N(C)Cc2ccc(Br)cc2)ccc1C(N)=S. The average molecular weight is 349 g/mol. The fourth-order valence-electron chi connectivity index (χ4n) is 2.12. The Kier molecular flexibility index (Phi) is 4.78. The minimum atomic E-state index is 0.449. The van der Waals surface area contributed by atoms with E-state index in [1.165, 1.54) is 5.56 Å². The van der Waals surface area contributed by atoms with E-state index in [1.54, 1.807) is 0 Å². The van der Waals surface area contributed by atoms with Crippen LogP contribution in [0.1, 0.15) is 16.7 Å². The monoisotopic (exact) mass is 348 g/mol. The summed E-state index contributed by atoms with van der Waals surface area (Å²) in [7, 11) is 2.08. The second kappa shape index (κ2) is 6.37. The normalized spacial score (nSPS) is 10.3. The Morgan fingerprint density at radius 1 is 1.20 bits per heavy atom. The zero-order valence-corrected chi connectivity index (χ0v) is 14.0. The van der Waals surface area contributed by atoms with Gasteiger partial charge < -0.3 is 10.6 Å². The molecule has 0 aliphatic carbocycles. The summed E-state index contributed by atoms with van der Waals surface area (Å²) in [5, 5.41) is 0. The number of rotatable bonds is 4. The maximum Gasteiger partial charge on any atom is 0.104 e. The molecule has 2 aromatic rings. The van der Waals surface area contributed by atoms with Crippen LogP contribution in [-0.4, -0.2) is 12.0 Å². The first-order valence-corrected chi connectivity index (χ1v) is 7.53. The minimum absolute atomic E-state index is 0.449. The summed E-state index contributed by atoms with van der Waals surface area (Å²) in [6.07, 6.45) is 0. The van der Waals surface area contributed by atoms with E-state index in [0.29, 0.717) is 4.99 Å². The molecule has 0 radical (unpaired) electrons. The molecule has 0 heterocycles. The molecule has 0 atom stereocenters. The van der Waals surface area contributed by atoms with E-state index in [2.05, 4.69) is 64.3 Å². The number of hydrogen-bond donors (Lipinski definition) is 1. The molecule has 0 unspecified atom stereocenters. The van der Waals surface area contributed by atoms with Crippen molar-refractivity contribution in [1.29, 1.82) is 0 Å². The Balaban J connectivity index is 2.17. The predicted octanol–water partition coefficient (Wildman–Crippen LogP) is 4.03. The molecular formula is C16H17BrN2S. The molecule has 20 heavy (non-hydrogen) atoms. The van der Waals surface area contributed by atoms with Crippen LogP contribution >= 0.6 is 28.1 Å². The maximum absolute atomic E-state index is 5.69. The molecule has 0 saturated heterocycles. The Hall–Kier alpha value is -1.39. The van der Waals surface area contributed by atoms with E-state index in [4.69, 9.17) is 18.0 Å². The molecule has 0 saturated carbocycles. The second-order valence-corrected chi connectivity index (χ2v) is 6.20. The van der Waals surface area contributed by atoms with Crippen LogP contribution in [0.4, 0.5) is 5.69 Å². The van der Waals surface area contributed by atoms with Gasteiger partial charge in [-0.15, -0.1) is 0 Å². The molecular weight excluding hydrogens is 332 g/mol. The minimum Gasteiger partial charge on any atom is -0.389 e. The van der Waals surface area contributed by atoms with Crippen LogP contribution in [0.2, 0.25) is 0 Å². The highest BCUT2D eigenvalue weighted by Gasteiger charge is 2.06. The van der Waals surface area contributed by atoms with Crippen molar-refractivity contribution in [2.75, 3.05) is 11.9 Å². The summed E-state index contributed by atoms with van der Waals surface area (Å²) < 4.78 is 1.10. The van der Waals surface area contributed by atoms with E-state index in [-0.39, 0.29) is 0 Å². The van der Waals surface area contributed by atoms with Gasteiger partial charge in [0, 0.05) is 29.3 Å². The van der Waals surface area contributed by atoms with Crippen molar-refractivity contribution in [2.45, 2.75) is 13.5 Å². The van der Waals surface area contributed by atoms with E-state index < -0.39 is 0 Å². The van der Waals surface area contributed by atoms with Gasteiger partial charge in [-0.05, 0) is 48.4 Å². The van der Waals surface area contributed by atoms with Crippen molar-refractivity contribution in [1.82, 2.24) is 0 Å². The van der Waals surface area contributed by atoms with Gasteiger partial charge in [-0.2, -0.15) is 0 Å². The molecule has 4 heteroatoms. The van der Waals surface area contributed by atoms with Crippen molar-refractivity contribution in [2.24, 2.45) is 5.73 Å². The Morgan fingerprint density at radius 2 is 1.85 bits per heavy atom. The quantitative estimate of drug-likeness (QED) is 0.845. The van der Waals surface area contributed by atoms with Crippen LogP contribution in [0, 0.1) is 6.92 Å². The van der Waals surface area contributed by atoms with Gasteiger partial charge in [0.25, 0.3) is 0 Å². The van der Waals surface area contributed by atoms with Crippen LogP contribution in [-0.2, 0) is 6.54 Å². The summed E-state index contributed by atoms with van der Waals surface area (Å²) in [4.78, 5) is 2.66. The van der Waals surface area contributed by atoms with Gasteiger partial charge in [0.2, 0.25) is 0 Å². The van der Waals surface area contributed by atoms with Crippen molar-refractivity contribution in [3.05, 3.63) is 63.6 Å². The molecule has 0 aliphatic rings. The standard InChI is InChI=1S/C16H17BrN2S/c1-11-9-14(7-8-15(11)16(18)20)19(2)10-12-3-5-13(17)6-4-12/h3-9H,10H2,1-2H3,(H2,18,20). The highest BCUT2D eigenvalue weighted by atomic mass is 79.9. The molecule has 0 amide bonds. The lowest BCUT2D eigenvalue weighted by Crippen LogP contribution is -2.17. The van der Waals surface area contributed by atoms with Crippen LogP contribution in [0.5, 0.6) is 0 Å². The molecule has 104 valence electrons. The molecule has 0 aromatic heterocycles. The maximum atomic E-state index is 5.69. The lowest BCUT2D eigenvalue weighted by Gasteiger charge is -2.20. The average Bonchev–Trinajstić information content (AvgIpc) is 2.40. The van der Waals surface area contributed by atoms with Crippen LogP contribution in [0.3, 0.4) is 0 Å². The Labute approximate surface area is 133 Å². The third-order valence-corrected chi connectivity index (χ3v) is 4.00. The smallest absolute Gasteiger partial charge is 0.104 e. The van der Waals surface area contributed by atoms with Gasteiger partial charge in [0.15, 0.2) is 0 Å². The molecule has 0 fully saturated rings. The highest BCUT2D eigenvalue weighted by molar-refractivity contribution is 9.10. The van der Waals surface area contributed by atoms with Crippen LogP contribution in [0.25, 0.3) is 0 Å². The number of benzene rings is 2. The third kappa shape index (κ3) is 3.58. The number of halogens is 1. The van der Waals surface area contributed by atoms with Gasteiger partial charge in [-0.3, -0.25) is 0 Å². The lowest BCUT2D eigenvalue weighted by atomic mass is 10.1. The summed E-state index contributed by atoms with van der Waals surface area (Å²) in [6.45, 7) is 2.89. The van der Waals surface area contributed by atoms with Crippen molar-refractivity contribution in [3.8, 4) is 0 Å². The molecule has 2 aromatic carbocycles. The van der Waals surface area contributed by atoms with Gasteiger partial charge >= 0.3 is 0 Å². The lowest BCUT2D eigenvalue weighted by molar-refractivity contribution is 0.921. The van der Waals surface area contributed by atoms with E-state index in [1.807, 2.05) is 13.0 Å². The summed E-state index contributed by atoms with van der Waals surface area (Å²) in [5.74, 6) is 0. The molecule has 2 N–H and O–H groups in total. The van der Waals surface area contributed by atoms with Gasteiger partial charge in [0.1, 0.15) is 4.99 Å². The zero-order valence-electron chi connectivity index (χ0n) is 11.6. The van der Waals surface area contributed by atoms with Crippen LogP contribution < -0.4 is 10.6 Å². The number of aryl methyl sites for hydroxylation is 1. The second-order valence-electron chi connectivity index (χ2n) is 4.85. The number of nitrogens with zero attached hydrogens (tertiary/aromatic N) is 1. The van der Waals surface area contributed by atoms with Gasteiger partial charge in [0.05, 0.1) is 0 Å². The Bertz CT molecular complexity index is 623. The fourth-order valence-corrected chi connectivity index (χ4v) is 2.61. The van der Waals surface area contributed by atoms with Gasteiger partial charge in [-0.1, -0.05) is 40.3 Å². The largest absolute Gasteiger partial charge is 0.389 e. The van der Waals surface area contributed by atoms with Crippen molar-refractivity contribution in [3.63, 3.8) is 0 Å². The molecule has 0 aliphatic heterocycles. The van der Waals surface area contributed by atoms with Gasteiger partial charge in [-0.25, -0.2) is 0 Å². The number of nitrogens with two attached hydrogens (primary N) is 1. The van der Waals surface area contributed by atoms with E-state index >= 15 is 0 Å². The zero-order chi connectivity index (χ0) is 14.7. The van der Waals surface area contributed by atoms with E-state index in [9.17, 15) is 0 Å². The first kappa shape index (κ1) is 15.0. The fraction of sp³-hybridized carbons (Fsp3) is 0.188. The predicted molar refractivity (Wildman–Crippen MR) is 93.3 cm³/mol. The third-order valence-electron chi connectivity index (χ3n) is 3.25.